The van der Waals surface area contributed by atoms with E-state index in [0.29, 0.717) is 27.7 Å². The maximum absolute atomic E-state index is 13.1. The molecule has 0 spiro atoms. The van der Waals surface area contributed by atoms with Gasteiger partial charge in [0.05, 0.1) is 23.4 Å². The Hall–Kier alpha value is -3.45. The van der Waals surface area contributed by atoms with Crippen LogP contribution in [-0.4, -0.2) is 30.2 Å². The van der Waals surface area contributed by atoms with Crippen LogP contribution in [0.5, 0.6) is 5.75 Å². The number of nitrogens with zero attached hydrogens (tertiary/aromatic N) is 2. The molecule has 2 saturated heterocycles. The van der Waals surface area contributed by atoms with Gasteiger partial charge in [-0.15, -0.1) is 0 Å². The van der Waals surface area contributed by atoms with Crippen molar-refractivity contribution in [2.45, 2.75) is 26.7 Å². The molecule has 0 aromatic heterocycles. The van der Waals surface area contributed by atoms with Gasteiger partial charge in [-0.2, -0.15) is 0 Å². The topological polar surface area (TPSA) is 84.0 Å². The second-order valence-corrected chi connectivity index (χ2v) is 10.6. The third kappa shape index (κ3) is 3.48. The molecule has 0 unspecified atom stereocenters. The minimum atomic E-state index is -0.610. The quantitative estimate of drug-likeness (QED) is 0.269. The maximum atomic E-state index is 13.1. The Kier molecular flexibility index (Phi) is 5.30. The van der Waals surface area contributed by atoms with Crippen molar-refractivity contribution in [2.75, 3.05) is 16.3 Å². The van der Waals surface area contributed by atoms with Crippen molar-refractivity contribution in [3.8, 4) is 5.75 Å². The van der Waals surface area contributed by atoms with Crippen molar-refractivity contribution in [1.29, 1.82) is 0 Å². The zero-order valence-electron chi connectivity index (χ0n) is 19.9. The standard InChI is InChI=1S/C28H25ClN2O5/c1-14-3-6-19(12-21(14)29)30-13-18(11-23(30)32)28(35)36-20-7-8-22(15(2)9-20)31-26(33)24-16-4-5-17(10-16)25(24)27(31)34/h3-9,12,16-18,24-25H,10-11,13H2,1-2H3/t16-,17-,18+,24+,25+/m0/s1. The molecule has 5 atom stereocenters. The number of carbonyl (C=O) groups is 4. The first-order valence-corrected chi connectivity index (χ1v) is 12.6. The molecule has 2 bridgehead atoms. The molecule has 4 aliphatic rings. The highest BCUT2D eigenvalue weighted by Crippen LogP contribution is 2.53. The second kappa shape index (κ2) is 8.30. The fourth-order valence-corrected chi connectivity index (χ4v) is 6.32. The second-order valence-electron chi connectivity index (χ2n) is 10.2. The molecule has 2 aromatic rings. The Morgan fingerprint density at radius 3 is 2.28 bits per heavy atom. The average molecular weight is 505 g/mol. The number of imide groups is 1. The summed E-state index contributed by atoms with van der Waals surface area (Å²) >= 11 is 6.21. The number of anilines is 2. The van der Waals surface area contributed by atoms with Crippen LogP contribution in [0.2, 0.25) is 5.02 Å². The highest BCUT2D eigenvalue weighted by atomic mass is 35.5. The van der Waals surface area contributed by atoms with Gasteiger partial charge in [0, 0.05) is 23.7 Å². The van der Waals surface area contributed by atoms with Crippen LogP contribution in [0.15, 0.2) is 48.6 Å². The summed E-state index contributed by atoms with van der Waals surface area (Å²) in [6, 6.07) is 10.3. The molecular weight excluding hydrogens is 480 g/mol. The Labute approximate surface area is 213 Å². The van der Waals surface area contributed by atoms with E-state index < -0.39 is 11.9 Å². The molecule has 2 aliphatic carbocycles. The van der Waals surface area contributed by atoms with Crippen molar-refractivity contribution < 1.29 is 23.9 Å². The molecule has 0 N–H and O–H groups in total. The van der Waals surface area contributed by atoms with Crippen LogP contribution in [0, 0.1) is 43.4 Å². The SMILES string of the molecule is Cc1ccc(N2C[C@H](C(=O)Oc3ccc(N4C(=O)[C@H]5[C@H](C4=O)[C@H]4C=C[C@H]5C4)c(C)c3)CC2=O)cc1Cl. The van der Waals surface area contributed by atoms with Gasteiger partial charge in [-0.1, -0.05) is 29.8 Å². The molecule has 2 heterocycles. The largest absolute Gasteiger partial charge is 0.426 e. The summed E-state index contributed by atoms with van der Waals surface area (Å²) in [6.07, 6.45) is 5.07. The van der Waals surface area contributed by atoms with E-state index in [1.165, 1.54) is 4.90 Å². The first-order chi connectivity index (χ1) is 17.2. The zero-order chi connectivity index (χ0) is 25.3. The van der Waals surface area contributed by atoms with Crippen molar-refractivity contribution in [1.82, 2.24) is 0 Å². The number of allylic oxidation sites excluding steroid dienone is 2. The molecule has 2 aromatic carbocycles. The normalized spacial score (nSPS) is 28.4. The van der Waals surface area contributed by atoms with Gasteiger partial charge >= 0.3 is 5.97 Å². The lowest BCUT2D eigenvalue weighted by molar-refractivity contribution is -0.139. The summed E-state index contributed by atoms with van der Waals surface area (Å²) in [5, 5.41) is 0.560. The fourth-order valence-electron chi connectivity index (χ4n) is 6.15. The number of rotatable bonds is 4. The van der Waals surface area contributed by atoms with E-state index in [1.807, 2.05) is 19.1 Å². The molecule has 8 heteroatoms. The summed E-state index contributed by atoms with van der Waals surface area (Å²) in [6.45, 7) is 3.88. The first kappa shape index (κ1) is 23.0. The summed E-state index contributed by atoms with van der Waals surface area (Å²) in [4.78, 5) is 54.6. The Balaban J connectivity index is 1.15. The predicted molar refractivity (Wildman–Crippen MR) is 134 cm³/mol. The van der Waals surface area contributed by atoms with Crippen molar-refractivity contribution >= 4 is 46.7 Å². The van der Waals surface area contributed by atoms with E-state index >= 15 is 0 Å². The van der Waals surface area contributed by atoms with Crippen LogP contribution in [0.25, 0.3) is 0 Å². The van der Waals surface area contributed by atoms with E-state index in [4.69, 9.17) is 16.3 Å². The van der Waals surface area contributed by atoms with Gasteiger partial charge in [-0.25, -0.2) is 4.90 Å². The zero-order valence-corrected chi connectivity index (χ0v) is 20.7. The molecule has 0 radical (unpaired) electrons. The number of halogens is 1. The van der Waals surface area contributed by atoms with E-state index in [2.05, 4.69) is 12.2 Å². The third-order valence-electron chi connectivity index (χ3n) is 8.02. The van der Waals surface area contributed by atoms with E-state index in [1.54, 1.807) is 36.1 Å². The lowest BCUT2D eigenvalue weighted by atomic mass is 9.85. The highest BCUT2D eigenvalue weighted by molar-refractivity contribution is 6.31. The van der Waals surface area contributed by atoms with E-state index in [9.17, 15) is 19.2 Å². The lowest BCUT2D eigenvalue weighted by Crippen LogP contribution is -2.33. The lowest BCUT2D eigenvalue weighted by Gasteiger charge is -2.20. The molecule has 2 aliphatic heterocycles. The van der Waals surface area contributed by atoms with Crippen LogP contribution >= 0.6 is 11.6 Å². The Bertz CT molecular complexity index is 1340. The fraction of sp³-hybridized carbons (Fsp3) is 0.357. The molecular formula is C28H25ClN2O5. The summed E-state index contributed by atoms with van der Waals surface area (Å²) < 4.78 is 5.60. The Morgan fingerprint density at radius 2 is 1.64 bits per heavy atom. The van der Waals surface area contributed by atoms with Gasteiger partial charge in [-0.3, -0.25) is 19.2 Å². The minimum Gasteiger partial charge on any atom is -0.426 e. The molecule has 7 nitrogen and oxygen atoms in total. The van der Waals surface area contributed by atoms with E-state index in [-0.39, 0.29) is 54.4 Å². The van der Waals surface area contributed by atoms with Gasteiger partial charge < -0.3 is 9.64 Å². The smallest absolute Gasteiger partial charge is 0.316 e. The van der Waals surface area contributed by atoms with Crippen molar-refractivity contribution in [2.24, 2.45) is 29.6 Å². The molecule has 1 saturated carbocycles. The molecule has 184 valence electrons. The number of benzene rings is 2. The third-order valence-corrected chi connectivity index (χ3v) is 8.43. The van der Waals surface area contributed by atoms with Gasteiger partial charge in [-0.05, 0) is 73.6 Å². The maximum Gasteiger partial charge on any atom is 0.316 e. The minimum absolute atomic E-state index is 0.0529. The number of carbonyl (C=O) groups excluding carboxylic acids is 4. The number of fused-ring (bicyclic) bond motifs is 5. The van der Waals surface area contributed by atoms with Crippen molar-refractivity contribution in [3.63, 3.8) is 0 Å². The summed E-state index contributed by atoms with van der Waals surface area (Å²) in [5.41, 5.74) is 2.75. The van der Waals surface area contributed by atoms with Gasteiger partial charge in [0.25, 0.3) is 0 Å². The van der Waals surface area contributed by atoms with Crippen LogP contribution < -0.4 is 14.5 Å². The number of ether oxygens (including phenoxy) is 1. The number of aryl methyl sites for hydroxylation is 2. The van der Waals surface area contributed by atoms with Gasteiger partial charge in [0.1, 0.15) is 5.75 Å². The number of amides is 3. The van der Waals surface area contributed by atoms with Crippen molar-refractivity contribution in [3.05, 3.63) is 64.7 Å². The van der Waals surface area contributed by atoms with Gasteiger partial charge in [0.15, 0.2) is 0 Å². The first-order valence-electron chi connectivity index (χ1n) is 12.2. The summed E-state index contributed by atoms with van der Waals surface area (Å²) in [7, 11) is 0. The molecule has 6 rings (SSSR count). The van der Waals surface area contributed by atoms with Crippen LogP contribution in [0.4, 0.5) is 11.4 Å². The number of esters is 1. The average Bonchev–Trinajstić information content (AvgIpc) is 3.60. The molecule has 3 fully saturated rings. The van der Waals surface area contributed by atoms with Crippen LogP contribution in [0.3, 0.4) is 0 Å². The van der Waals surface area contributed by atoms with Gasteiger partial charge in [0.2, 0.25) is 17.7 Å². The number of hydrogen-bond acceptors (Lipinski definition) is 5. The summed E-state index contributed by atoms with van der Waals surface area (Å²) in [5.74, 6) is -1.49. The molecule has 36 heavy (non-hydrogen) atoms. The highest BCUT2D eigenvalue weighted by Gasteiger charge is 2.59. The van der Waals surface area contributed by atoms with Crippen LogP contribution in [0.1, 0.15) is 24.0 Å². The number of hydrogen-bond donors (Lipinski definition) is 0. The Morgan fingerprint density at radius 1 is 0.944 bits per heavy atom. The molecule has 3 amide bonds. The van der Waals surface area contributed by atoms with E-state index in [0.717, 1.165) is 12.0 Å². The predicted octanol–water partition coefficient (Wildman–Crippen LogP) is 4.23. The monoisotopic (exact) mass is 504 g/mol. The van der Waals surface area contributed by atoms with Crippen LogP contribution in [-0.2, 0) is 19.2 Å².